The molecule has 0 saturated carbocycles. The zero-order valence-corrected chi connectivity index (χ0v) is 51.6. The second kappa shape index (κ2) is 26.4. The van der Waals surface area contributed by atoms with Crippen molar-refractivity contribution in [3.05, 3.63) is 364 Å². The third kappa shape index (κ3) is 12.4. The molecule has 0 spiro atoms. The van der Waals surface area contributed by atoms with Crippen LogP contribution in [0.5, 0.6) is 0 Å². The lowest BCUT2D eigenvalue weighted by Gasteiger charge is -2.13. The molecule has 0 amide bonds. The fourth-order valence-corrected chi connectivity index (χ4v) is 12.2. The van der Waals surface area contributed by atoms with Crippen molar-refractivity contribution in [2.75, 3.05) is 0 Å². The molecule has 0 radical (unpaired) electrons. The lowest BCUT2D eigenvalue weighted by atomic mass is 9.93. The van der Waals surface area contributed by atoms with Crippen molar-refractivity contribution < 1.29 is 13.7 Å². The smallest absolute Gasteiger partial charge is 0.160 e. The number of hydrogen-bond donors (Lipinski definition) is 0. The van der Waals surface area contributed by atoms with E-state index in [0.717, 1.165) is 89.3 Å². The Bertz CT molecular complexity index is 6150. The summed E-state index contributed by atoms with van der Waals surface area (Å²) in [6, 6.07) is 90.2. The van der Waals surface area contributed by atoms with E-state index in [2.05, 4.69) is 156 Å². The summed E-state index contributed by atoms with van der Waals surface area (Å²) in [5.74, 6) is 1.13. The van der Waals surface area contributed by atoms with E-state index in [-0.39, 0.29) is 59.5 Å². The lowest BCUT2D eigenvalue weighted by Crippen LogP contribution is -1.96. The number of nitrogens with zero attached hydrogens (tertiary/aromatic N) is 6. The van der Waals surface area contributed by atoms with Crippen LogP contribution in [0.3, 0.4) is 0 Å². The van der Waals surface area contributed by atoms with Crippen molar-refractivity contribution in [1.29, 1.82) is 0 Å². The van der Waals surface area contributed by atoms with Gasteiger partial charge < -0.3 is 0 Å². The number of rotatable bonds is 12. The first-order chi connectivity index (χ1) is 51.7. The van der Waals surface area contributed by atoms with Crippen molar-refractivity contribution in [3.8, 4) is 135 Å². The zero-order chi connectivity index (χ0) is 72.7. The predicted octanol–water partition coefficient (Wildman–Crippen LogP) is 23.2. The van der Waals surface area contributed by atoms with Crippen LogP contribution < -0.4 is 0 Å². The molecule has 0 atom stereocenters. The SMILES string of the molecule is [2H]c1c([2H])c([2H])c(-c2ccc(-c3cc(-c4ccc(-c5cccnc5)cc4)nc(-c4ccc(-c5cc6ccccc6c6ccccc56)cc4)n3)cc2)c([2H])c1[2H].[2H]c1c([2H])c([2H])c(-c2ccc(-c3cc(-c4ccc(-c5cccnc5)cc4)nc(-c4ccc(-c5ccc6ccccc6c5)cc4)n3)cc2)c([2H])c1[2H]. The molecule has 96 heavy (non-hydrogen) atoms. The highest BCUT2D eigenvalue weighted by atomic mass is 14.9. The summed E-state index contributed by atoms with van der Waals surface area (Å²) in [5.41, 5.74) is 18.1. The van der Waals surface area contributed by atoms with E-state index in [1.54, 1.807) is 36.7 Å². The van der Waals surface area contributed by atoms with E-state index in [4.69, 9.17) is 33.6 Å². The topological polar surface area (TPSA) is 77.3 Å². The minimum atomic E-state index is -0.413. The Hall–Kier alpha value is -12.9. The molecule has 0 aliphatic heterocycles. The Morgan fingerprint density at radius 3 is 0.990 bits per heavy atom. The van der Waals surface area contributed by atoms with Crippen LogP contribution in [-0.4, -0.2) is 29.9 Å². The Morgan fingerprint density at radius 2 is 0.552 bits per heavy atom. The van der Waals surface area contributed by atoms with Gasteiger partial charge in [0.2, 0.25) is 0 Å². The Morgan fingerprint density at radius 1 is 0.208 bits per heavy atom. The number of benzene rings is 13. The summed E-state index contributed by atoms with van der Waals surface area (Å²) in [6.07, 6.45) is 7.20. The van der Waals surface area contributed by atoms with Crippen molar-refractivity contribution in [2.45, 2.75) is 0 Å². The third-order valence-electron chi connectivity index (χ3n) is 17.2. The van der Waals surface area contributed by atoms with Gasteiger partial charge in [0.15, 0.2) is 11.6 Å². The predicted molar refractivity (Wildman–Crippen MR) is 397 cm³/mol. The van der Waals surface area contributed by atoms with E-state index < -0.39 is 12.1 Å². The third-order valence-corrected chi connectivity index (χ3v) is 17.2. The van der Waals surface area contributed by atoms with Gasteiger partial charge in [0.05, 0.1) is 36.5 Å². The summed E-state index contributed by atoms with van der Waals surface area (Å²) in [5, 5.41) is 7.21. The van der Waals surface area contributed by atoms with Gasteiger partial charge in [-0.2, -0.15) is 0 Å². The van der Waals surface area contributed by atoms with Crippen molar-refractivity contribution in [2.24, 2.45) is 0 Å². The summed E-state index contributed by atoms with van der Waals surface area (Å²) in [6.45, 7) is 0. The van der Waals surface area contributed by atoms with Gasteiger partial charge in [-0.1, -0.05) is 303 Å². The normalized spacial score (nSPS) is 12.6. The van der Waals surface area contributed by atoms with Gasteiger partial charge in [0.25, 0.3) is 0 Å². The first-order valence-corrected chi connectivity index (χ1v) is 31.4. The van der Waals surface area contributed by atoms with Crippen LogP contribution >= 0.6 is 0 Å². The molecule has 17 aromatic rings. The first kappa shape index (κ1) is 47.9. The largest absolute Gasteiger partial charge is 0.264 e. The highest BCUT2D eigenvalue weighted by Gasteiger charge is 2.16. The van der Waals surface area contributed by atoms with Gasteiger partial charge in [-0.15, -0.1) is 0 Å². The maximum Gasteiger partial charge on any atom is 0.160 e. The number of hydrogen-bond acceptors (Lipinski definition) is 6. The molecule has 4 heterocycles. The second-order valence-electron chi connectivity index (χ2n) is 23.1. The van der Waals surface area contributed by atoms with Crippen molar-refractivity contribution in [1.82, 2.24) is 29.9 Å². The van der Waals surface area contributed by atoms with Gasteiger partial charge in [0, 0.05) is 58.2 Å². The summed E-state index contributed by atoms with van der Waals surface area (Å²) < 4.78 is 82.2. The van der Waals surface area contributed by atoms with Gasteiger partial charge in [-0.3, -0.25) is 9.97 Å². The molecule has 6 heteroatoms. The van der Waals surface area contributed by atoms with Crippen molar-refractivity contribution in [3.63, 3.8) is 0 Å². The van der Waals surface area contributed by atoms with Crippen LogP contribution in [-0.2, 0) is 0 Å². The molecule has 0 aliphatic carbocycles. The molecule has 13 aromatic carbocycles. The molecule has 4 aromatic heterocycles. The number of pyridine rings is 2. The van der Waals surface area contributed by atoms with Crippen LogP contribution in [0.2, 0.25) is 0 Å². The minimum Gasteiger partial charge on any atom is -0.264 e. The summed E-state index contributed by atoms with van der Waals surface area (Å²) in [4.78, 5) is 28.7. The molecule has 0 N–H and O–H groups in total. The molecule has 0 aliphatic rings. The molecule has 0 fully saturated rings. The zero-order valence-electron chi connectivity index (χ0n) is 61.6. The molecular weight excluding hydrogens is 1170 g/mol. The van der Waals surface area contributed by atoms with Gasteiger partial charge in [-0.25, -0.2) is 19.9 Å². The Kier molecular flexibility index (Phi) is 13.2. The van der Waals surface area contributed by atoms with Gasteiger partial charge in [0.1, 0.15) is 0 Å². The van der Waals surface area contributed by atoms with E-state index in [9.17, 15) is 0 Å². The highest BCUT2D eigenvalue weighted by molar-refractivity contribution is 6.13. The quantitative estimate of drug-likeness (QED) is 0.113. The lowest BCUT2D eigenvalue weighted by molar-refractivity contribution is 1.18. The fourth-order valence-electron chi connectivity index (χ4n) is 12.2. The van der Waals surface area contributed by atoms with E-state index in [1.165, 1.54) is 32.3 Å². The minimum absolute atomic E-state index is 0.162. The van der Waals surface area contributed by atoms with Gasteiger partial charge >= 0.3 is 0 Å². The molecule has 17 rings (SSSR count). The molecule has 0 saturated heterocycles. The standard InChI is InChI=1S/C47H31N3.C43H29N3/c1-2-9-32(10-3-1)33-16-22-36(23-17-33)45-30-46(37-24-18-34(19-25-37)40-12-8-28-48-31-40)50-47(49-45)38-26-20-35(21-27-38)44-29-39-11-4-5-13-41(39)42-14-6-7-15-43(42)44;1-2-7-30(8-3-1)32-12-19-35(20-13-32)41-28-42(36-21-14-34(15-22-36)40-11-6-26-44-29-40)46-43(45-41)37-23-16-33(17-24-37)39-25-18-31-9-4-5-10-38(31)27-39/h1-31H;1-29H/i1D,2D,3D,9D,10D;1D,2D,3D,7D,8D. The first-order valence-electron chi connectivity index (χ1n) is 36.4. The molecular formula is C90H60N6. The van der Waals surface area contributed by atoms with Crippen LogP contribution in [0.25, 0.3) is 167 Å². The Labute approximate surface area is 572 Å². The van der Waals surface area contributed by atoms with Gasteiger partial charge in [-0.05, 0) is 135 Å². The molecule has 450 valence electrons. The fraction of sp³-hybridized carbons (Fsp3) is 0. The van der Waals surface area contributed by atoms with Crippen LogP contribution in [0.4, 0.5) is 0 Å². The molecule has 6 nitrogen and oxygen atoms in total. The van der Waals surface area contributed by atoms with E-state index in [0.29, 0.717) is 34.2 Å². The number of fused-ring (bicyclic) bond motifs is 4. The van der Waals surface area contributed by atoms with E-state index >= 15 is 0 Å². The summed E-state index contributed by atoms with van der Waals surface area (Å²) >= 11 is 0. The highest BCUT2D eigenvalue weighted by Crippen LogP contribution is 2.38. The maximum atomic E-state index is 8.46. The average molecular weight is 1240 g/mol. The summed E-state index contributed by atoms with van der Waals surface area (Å²) in [7, 11) is 0. The molecule has 0 unspecified atom stereocenters. The second-order valence-corrected chi connectivity index (χ2v) is 23.1. The van der Waals surface area contributed by atoms with Crippen LogP contribution in [0, 0.1) is 0 Å². The number of aromatic nitrogens is 6. The monoisotopic (exact) mass is 1230 g/mol. The molecule has 0 bridgehead atoms. The van der Waals surface area contributed by atoms with Crippen LogP contribution in [0.1, 0.15) is 13.7 Å². The van der Waals surface area contributed by atoms with Crippen molar-refractivity contribution >= 4 is 32.3 Å². The average Bonchev–Trinajstić information content (AvgIpc) is 0.773. The maximum absolute atomic E-state index is 8.46. The van der Waals surface area contributed by atoms with Crippen LogP contribution in [0.15, 0.2) is 364 Å². The Balaban J connectivity index is 0.000000163. The van der Waals surface area contributed by atoms with E-state index in [1.807, 2.05) is 122 Å².